The van der Waals surface area contributed by atoms with Crippen molar-refractivity contribution in [3.63, 3.8) is 0 Å². The summed E-state index contributed by atoms with van der Waals surface area (Å²) in [5, 5.41) is 1.21. The number of hydrogen-bond acceptors (Lipinski definition) is 3. The summed E-state index contributed by atoms with van der Waals surface area (Å²) >= 11 is 1.80. The first-order valence-electron chi connectivity index (χ1n) is 8.24. The lowest BCUT2D eigenvalue weighted by molar-refractivity contribution is 0.695. The quantitative estimate of drug-likeness (QED) is 0.639. The van der Waals surface area contributed by atoms with E-state index in [9.17, 15) is 0 Å². The molecular formula is C20H23N3S. The van der Waals surface area contributed by atoms with Crippen molar-refractivity contribution in [3.05, 3.63) is 71.4 Å². The second kappa shape index (κ2) is 7.22. The Kier molecular flexibility index (Phi) is 5.05. The molecule has 0 bridgehead atoms. The molecule has 24 heavy (non-hydrogen) atoms. The van der Waals surface area contributed by atoms with E-state index in [0.29, 0.717) is 5.92 Å². The van der Waals surface area contributed by atoms with E-state index in [-0.39, 0.29) is 0 Å². The summed E-state index contributed by atoms with van der Waals surface area (Å²) in [7, 11) is 0. The molecule has 0 aliphatic heterocycles. The zero-order valence-electron chi connectivity index (χ0n) is 14.7. The van der Waals surface area contributed by atoms with Crippen LogP contribution in [0.4, 0.5) is 0 Å². The minimum absolute atomic E-state index is 0.392. The van der Waals surface area contributed by atoms with E-state index in [4.69, 9.17) is 0 Å². The highest BCUT2D eigenvalue weighted by Gasteiger charge is 2.16. The van der Waals surface area contributed by atoms with Crippen LogP contribution >= 0.6 is 11.8 Å². The monoisotopic (exact) mass is 337 g/mol. The van der Waals surface area contributed by atoms with Crippen LogP contribution in [0.3, 0.4) is 0 Å². The van der Waals surface area contributed by atoms with E-state index in [1.807, 2.05) is 24.7 Å². The van der Waals surface area contributed by atoms with Crippen LogP contribution in [-0.2, 0) is 6.54 Å². The van der Waals surface area contributed by atoms with Gasteiger partial charge in [-0.2, -0.15) is 0 Å². The highest BCUT2D eigenvalue weighted by Crippen LogP contribution is 2.34. The third-order valence-corrected chi connectivity index (χ3v) is 4.94. The normalized spacial score (nSPS) is 11.2. The van der Waals surface area contributed by atoms with Gasteiger partial charge in [-0.05, 0) is 55.2 Å². The van der Waals surface area contributed by atoms with Crippen LogP contribution < -0.4 is 0 Å². The van der Waals surface area contributed by atoms with Crippen molar-refractivity contribution in [2.45, 2.75) is 50.1 Å². The summed E-state index contributed by atoms with van der Waals surface area (Å²) in [5.41, 5.74) is 4.78. The molecular weight excluding hydrogens is 314 g/mol. The maximum atomic E-state index is 4.67. The second-order valence-corrected chi connectivity index (χ2v) is 7.53. The highest BCUT2D eigenvalue weighted by atomic mass is 32.2. The van der Waals surface area contributed by atoms with Gasteiger partial charge in [-0.1, -0.05) is 37.7 Å². The summed E-state index contributed by atoms with van der Waals surface area (Å²) in [6, 6.07) is 12.7. The molecule has 0 N–H and O–H groups in total. The van der Waals surface area contributed by atoms with Crippen molar-refractivity contribution in [3.8, 4) is 0 Å². The van der Waals surface area contributed by atoms with Crippen molar-refractivity contribution in [2.24, 2.45) is 0 Å². The largest absolute Gasteiger partial charge is 0.319 e. The molecule has 0 radical (unpaired) electrons. The topological polar surface area (TPSA) is 30.7 Å². The molecule has 2 heterocycles. The molecule has 1 aromatic carbocycles. The molecule has 0 aliphatic rings. The lowest BCUT2D eigenvalue weighted by Crippen LogP contribution is -2.03. The molecule has 0 aliphatic carbocycles. The fourth-order valence-electron chi connectivity index (χ4n) is 2.78. The zero-order chi connectivity index (χ0) is 17.1. The highest BCUT2D eigenvalue weighted by molar-refractivity contribution is 7.99. The molecule has 4 heteroatoms. The zero-order valence-corrected chi connectivity index (χ0v) is 15.5. The summed E-state index contributed by atoms with van der Waals surface area (Å²) in [4.78, 5) is 10.4. The number of benzene rings is 1. The number of aryl methyl sites for hydroxylation is 2. The number of aromatic nitrogens is 3. The summed E-state index contributed by atoms with van der Waals surface area (Å²) < 4.78 is 2.21. The third-order valence-electron chi connectivity index (χ3n) is 3.83. The predicted molar refractivity (Wildman–Crippen MR) is 99.7 cm³/mol. The molecule has 3 nitrogen and oxygen atoms in total. The van der Waals surface area contributed by atoms with E-state index in [1.54, 1.807) is 11.8 Å². The first-order valence-corrected chi connectivity index (χ1v) is 9.05. The van der Waals surface area contributed by atoms with Gasteiger partial charge in [-0.25, -0.2) is 4.98 Å². The molecule has 0 spiro atoms. The van der Waals surface area contributed by atoms with Crippen molar-refractivity contribution in [1.29, 1.82) is 0 Å². The number of hydrogen-bond donors (Lipinski definition) is 0. The minimum atomic E-state index is 0.392. The second-order valence-electron chi connectivity index (χ2n) is 6.46. The van der Waals surface area contributed by atoms with Crippen molar-refractivity contribution < 1.29 is 0 Å². The summed E-state index contributed by atoms with van der Waals surface area (Å²) in [6.45, 7) is 9.42. The molecule has 0 saturated carbocycles. The fourth-order valence-corrected chi connectivity index (χ4v) is 4.11. The van der Waals surface area contributed by atoms with E-state index >= 15 is 0 Å². The van der Waals surface area contributed by atoms with Gasteiger partial charge in [-0.15, -0.1) is 0 Å². The van der Waals surface area contributed by atoms with Gasteiger partial charge in [0, 0.05) is 11.1 Å². The van der Waals surface area contributed by atoms with Crippen LogP contribution in [0.5, 0.6) is 0 Å². The van der Waals surface area contributed by atoms with Crippen LogP contribution in [0, 0.1) is 13.8 Å². The lowest BCUT2D eigenvalue weighted by atomic mass is 10.1. The van der Waals surface area contributed by atoms with E-state index < -0.39 is 0 Å². The van der Waals surface area contributed by atoms with E-state index in [1.165, 1.54) is 21.0 Å². The Hall–Kier alpha value is -2.07. The Bertz CT molecular complexity index is 802. The van der Waals surface area contributed by atoms with Gasteiger partial charge >= 0.3 is 0 Å². The molecule has 0 amide bonds. The Morgan fingerprint density at radius 2 is 1.79 bits per heavy atom. The average molecular weight is 337 g/mol. The number of imidazole rings is 1. The first kappa shape index (κ1) is 16.8. The molecule has 0 saturated heterocycles. The van der Waals surface area contributed by atoms with E-state index in [2.05, 4.69) is 66.5 Å². The van der Waals surface area contributed by atoms with Crippen LogP contribution in [0.1, 0.15) is 42.3 Å². The number of pyridine rings is 1. The third kappa shape index (κ3) is 3.88. The Balaban J connectivity index is 1.96. The van der Waals surface area contributed by atoms with Crippen LogP contribution in [0.15, 0.2) is 58.8 Å². The van der Waals surface area contributed by atoms with Gasteiger partial charge in [0.25, 0.3) is 0 Å². The average Bonchev–Trinajstić information content (AvgIpc) is 2.90. The Morgan fingerprint density at radius 1 is 1.04 bits per heavy atom. The minimum Gasteiger partial charge on any atom is -0.319 e. The molecule has 0 atom stereocenters. The standard InChI is InChI=1S/C20H23N3S/c1-14(2)19-20(24-18-10-15(3)9-16(4)11-18)23(13-22-19)12-17-7-5-6-8-21-17/h5-11,13-14H,12H2,1-4H3. The summed E-state index contributed by atoms with van der Waals surface area (Å²) in [5.74, 6) is 0.392. The Morgan fingerprint density at radius 3 is 2.42 bits per heavy atom. The maximum Gasteiger partial charge on any atom is 0.103 e. The SMILES string of the molecule is Cc1cc(C)cc(Sc2c(C(C)C)ncn2Cc2ccccn2)c1. The predicted octanol–water partition coefficient (Wildman–Crippen LogP) is 5.22. The van der Waals surface area contributed by atoms with Gasteiger partial charge in [0.05, 0.1) is 24.3 Å². The maximum absolute atomic E-state index is 4.67. The van der Waals surface area contributed by atoms with Gasteiger partial charge in [0.15, 0.2) is 0 Å². The number of rotatable bonds is 5. The smallest absolute Gasteiger partial charge is 0.103 e. The Labute approximate surface area is 148 Å². The molecule has 2 aromatic heterocycles. The molecule has 3 aromatic rings. The fraction of sp³-hybridized carbons (Fsp3) is 0.300. The van der Waals surface area contributed by atoms with Gasteiger partial charge in [0.2, 0.25) is 0 Å². The van der Waals surface area contributed by atoms with E-state index in [0.717, 1.165) is 17.9 Å². The van der Waals surface area contributed by atoms with Crippen molar-refractivity contribution in [2.75, 3.05) is 0 Å². The first-order chi connectivity index (χ1) is 11.5. The molecule has 124 valence electrons. The van der Waals surface area contributed by atoms with Crippen LogP contribution in [0.25, 0.3) is 0 Å². The van der Waals surface area contributed by atoms with Crippen LogP contribution in [-0.4, -0.2) is 14.5 Å². The van der Waals surface area contributed by atoms with Gasteiger partial charge < -0.3 is 4.57 Å². The molecule has 3 rings (SSSR count). The lowest BCUT2D eigenvalue weighted by Gasteiger charge is -2.12. The van der Waals surface area contributed by atoms with Crippen LogP contribution in [0.2, 0.25) is 0 Å². The summed E-state index contributed by atoms with van der Waals surface area (Å²) in [6.07, 6.45) is 3.78. The van der Waals surface area contributed by atoms with Crippen molar-refractivity contribution >= 4 is 11.8 Å². The number of nitrogens with zero attached hydrogens (tertiary/aromatic N) is 3. The molecule has 0 fully saturated rings. The van der Waals surface area contributed by atoms with Gasteiger partial charge in [-0.3, -0.25) is 4.98 Å². The van der Waals surface area contributed by atoms with Crippen molar-refractivity contribution in [1.82, 2.24) is 14.5 Å². The van der Waals surface area contributed by atoms with Gasteiger partial charge in [0.1, 0.15) is 5.03 Å². The molecule has 0 unspecified atom stereocenters.